The maximum absolute atomic E-state index is 5.83. The number of hydrogen-bond donors (Lipinski definition) is 2. The zero-order chi connectivity index (χ0) is 13.1. The molecule has 2 rings (SSSR count). The summed E-state index contributed by atoms with van der Waals surface area (Å²) in [5.41, 5.74) is 7.13. The van der Waals surface area contributed by atoms with Gasteiger partial charge < -0.3 is 0 Å². The van der Waals surface area contributed by atoms with Gasteiger partial charge in [-0.15, -0.1) is 0 Å². The molecule has 1 aliphatic carbocycles. The van der Waals surface area contributed by atoms with Crippen LogP contribution in [0.2, 0.25) is 0 Å². The van der Waals surface area contributed by atoms with Crippen molar-refractivity contribution in [1.29, 1.82) is 0 Å². The number of nitrogens with one attached hydrogen (secondary N) is 1. The summed E-state index contributed by atoms with van der Waals surface area (Å²) < 4.78 is 0. The Balaban J connectivity index is 2.18. The van der Waals surface area contributed by atoms with Gasteiger partial charge in [0.05, 0.1) is 0 Å². The summed E-state index contributed by atoms with van der Waals surface area (Å²) >= 11 is 0. The fourth-order valence-electron chi connectivity index (χ4n) is 3.44. The molecule has 1 fully saturated rings. The van der Waals surface area contributed by atoms with E-state index in [4.69, 9.17) is 5.84 Å². The third-order valence-electron chi connectivity index (χ3n) is 4.57. The number of hydrogen-bond acceptors (Lipinski definition) is 2. The van der Waals surface area contributed by atoms with Crippen LogP contribution in [-0.4, -0.2) is 0 Å². The van der Waals surface area contributed by atoms with E-state index in [9.17, 15) is 0 Å². The summed E-state index contributed by atoms with van der Waals surface area (Å²) in [5.74, 6) is 7.42. The molecule has 3 N–H and O–H groups in total. The molecule has 0 aromatic heterocycles. The van der Waals surface area contributed by atoms with Gasteiger partial charge in [-0.05, 0) is 49.7 Å². The van der Waals surface area contributed by atoms with Crippen LogP contribution in [-0.2, 0) is 0 Å². The van der Waals surface area contributed by atoms with Crippen LogP contribution in [0.25, 0.3) is 0 Å². The average molecular weight is 246 g/mol. The largest absolute Gasteiger partial charge is 0.271 e. The maximum atomic E-state index is 5.83. The lowest BCUT2D eigenvalue weighted by Crippen LogP contribution is -2.33. The molecule has 3 unspecified atom stereocenters. The molecule has 18 heavy (non-hydrogen) atoms. The summed E-state index contributed by atoms with van der Waals surface area (Å²) in [6.45, 7) is 6.64. The zero-order valence-corrected chi connectivity index (χ0v) is 11.9. The van der Waals surface area contributed by atoms with Crippen molar-refractivity contribution in [1.82, 2.24) is 5.43 Å². The average Bonchev–Trinajstić information content (AvgIpc) is 2.81. The van der Waals surface area contributed by atoms with Crippen molar-refractivity contribution in [2.45, 2.75) is 52.5 Å². The normalized spacial score (nSPS) is 25.3. The van der Waals surface area contributed by atoms with E-state index in [2.05, 4.69) is 44.4 Å². The highest BCUT2D eigenvalue weighted by Crippen LogP contribution is 2.40. The van der Waals surface area contributed by atoms with Crippen molar-refractivity contribution < 1.29 is 0 Å². The van der Waals surface area contributed by atoms with E-state index in [1.54, 1.807) is 0 Å². The SMILES string of the molecule is CCC1CCC(C(NN)c2ccc(C)cc2C)C1. The first-order valence-corrected chi connectivity index (χ1v) is 7.19. The Labute approximate surface area is 111 Å². The Morgan fingerprint density at radius 1 is 1.33 bits per heavy atom. The van der Waals surface area contributed by atoms with Crippen LogP contribution >= 0.6 is 0 Å². The first kappa shape index (κ1) is 13.6. The van der Waals surface area contributed by atoms with Gasteiger partial charge in [-0.3, -0.25) is 11.3 Å². The second-order valence-corrected chi connectivity index (χ2v) is 5.85. The zero-order valence-electron chi connectivity index (χ0n) is 11.9. The van der Waals surface area contributed by atoms with Gasteiger partial charge in [-0.1, -0.05) is 43.5 Å². The van der Waals surface area contributed by atoms with Crippen LogP contribution in [0, 0.1) is 25.7 Å². The van der Waals surface area contributed by atoms with Crippen LogP contribution < -0.4 is 11.3 Å². The van der Waals surface area contributed by atoms with Crippen molar-refractivity contribution in [3.63, 3.8) is 0 Å². The third-order valence-corrected chi connectivity index (χ3v) is 4.57. The number of aryl methyl sites for hydroxylation is 2. The van der Waals surface area contributed by atoms with Crippen LogP contribution in [0.3, 0.4) is 0 Å². The minimum absolute atomic E-state index is 0.321. The number of nitrogens with two attached hydrogens (primary N) is 1. The quantitative estimate of drug-likeness (QED) is 0.629. The van der Waals surface area contributed by atoms with Crippen molar-refractivity contribution in [3.8, 4) is 0 Å². The fraction of sp³-hybridized carbons (Fsp3) is 0.625. The molecule has 1 aromatic rings. The molecule has 3 atom stereocenters. The standard InChI is InChI=1S/C16H26N2/c1-4-13-6-7-14(10-13)16(18-17)15-8-5-11(2)9-12(15)3/h5,8-9,13-14,16,18H,4,6-7,10,17H2,1-3H3. The molecule has 0 amide bonds. The van der Waals surface area contributed by atoms with Crippen molar-refractivity contribution in [3.05, 3.63) is 34.9 Å². The molecular formula is C16H26N2. The lowest BCUT2D eigenvalue weighted by molar-refractivity contribution is 0.357. The fourth-order valence-corrected chi connectivity index (χ4v) is 3.44. The monoisotopic (exact) mass is 246 g/mol. The molecule has 0 heterocycles. The van der Waals surface area contributed by atoms with Crippen LogP contribution in [0.15, 0.2) is 18.2 Å². The summed E-state index contributed by atoms with van der Waals surface area (Å²) in [7, 11) is 0. The predicted octanol–water partition coefficient (Wildman–Crippen LogP) is 3.63. The Morgan fingerprint density at radius 2 is 2.11 bits per heavy atom. The van der Waals surface area contributed by atoms with Crippen LogP contribution in [0.4, 0.5) is 0 Å². The summed E-state index contributed by atoms with van der Waals surface area (Å²) in [6, 6.07) is 7.02. The molecule has 1 aliphatic rings. The Kier molecular flexibility index (Phi) is 4.41. The first-order chi connectivity index (χ1) is 8.65. The second-order valence-electron chi connectivity index (χ2n) is 5.85. The highest BCUT2D eigenvalue weighted by atomic mass is 15.2. The molecule has 2 heteroatoms. The molecule has 1 aromatic carbocycles. The highest BCUT2D eigenvalue weighted by Gasteiger charge is 2.30. The van der Waals surface area contributed by atoms with Gasteiger partial charge in [0.25, 0.3) is 0 Å². The van der Waals surface area contributed by atoms with Crippen molar-refractivity contribution >= 4 is 0 Å². The van der Waals surface area contributed by atoms with Gasteiger partial charge in [-0.2, -0.15) is 0 Å². The number of rotatable bonds is 4. The van der Waals surface area contributed by atoms with Gasteiger partial charge >= 0.3 is 0 Å². The van der Waals surface area contributed by atoms with Crippen LogP contribution in [0.5, 0.6) is 0 Å². The number of hydrazine groups is 1. The van der Waals surface area contributed by atoms with E-state index in [0.717, 1.165) is 5.92 Å². The lowest BCUT2D eigenvalue weighted by Gasteiger charge is -2.25. The topological polar surface area (TPSA) is 38.0 Å². The summed E-state index contributed by atoms with van der Waals surface area (Å²) in [4.78, 5) is 0. The molecular weight excluding hydrogens is 220 g/mol. The van der Waals surface area contributed by atoms with Crippen LogP contribution in [0.1, 0.15) is 55.3 Å². The molecule has 1 saturated carbocycles. The van der Waals surface area contributed by atoms with E-state index in [1.165, 1.54) is 42.4 Å². The Bertz CT molecular complexity index is 400. The number of benzene rings is 1. The van der Waals surface area contributed by atoms with Gasteiger partial charge in [0.2, 0.25) is 0 Å². The van der Waals surface area contributed by atoms with E-state index >= 15 is 0 Å². The Hall–Kier alpha value is -0.860. The van der Waals surface area contributed by atoms with Gasteiger partial charge in [-0.25, -0.2) is 0 Å². The summed E-state index contributed by atoms with van der Waals surface area (Å²) in [6.07, 6.45) is 5.30. The van der Waals surface area contributed by atoms with Gasteiger partial charge in [0, 0.05) is 6.04 Å². The van der Waals surface area contributed by atoms with E-state index in [-0.39, 0.29) is 0 Å². The molecule has 2 nitrogen and oxygen atoms in total. The van der Waals surface area contributed by atoms with Gasteiger partial charge in [0.15, 0.2) is 0 Å². The molecule has 0 spiro atoms. The van der Waals surface area contributed by atoms with E-state index in [1.807, 2.05) is 0 Å². The molecule has 0 aliphatic heterocycles. The van der Waals surface area contributed by atoms with Gasteiger partial charge in [0.1, 0.15) is 0 Å². The molecule has 0 radical (unpaired) electrons. The lowest BCUT2D eigenvalue weighted by atomic mass is 9.88. The maximum Gasteiger partial charge on any atom is 0.0490 e. The second kappa shape index (κ2) is 5.85. The molecule has 0 saturated heterocycles. The summed E-state index contributed by atoms with van der Waals surface area (Å²) in [5, 5.41) is 0. The minimum atomic E-state index is 0.321. The molecule has 100 valence electrons. The van der Waals surface area contributed by atoms with Crippen molar-refractivity contribution in [2.24, 2.45) is 17.7 Å². The minimum Gasteiger partial charge on any atom is -0.271 e. The van der Waals surface area contributed by atoms with Crippen molar-refractivity contribution in [2.75, 3.05) is 0 Å². The Morgan fingerprint density at radius 3 is 2.67 bits per heavy atom. The highest BCUT2D eigenvalue weighted by molar-refractivity contribution is 5.33. The van der Waals surface area contributed by atoms with E-state index in [0.29, 0.717) is 12.0 Å². The smallest absolute Gasteiger partial charge is 0.0490 e. The molecule has 0 bridgehead atoms. The first-order valence-electron chi connectivity index (χ1n) is 7.19. The van der Waals surface area contributed by atoms with E-state index < -0.39 is 0 Å². The predicted molar refractivity (Wildman–Crippen MR) is 77.1 cm³/mol. The third kappa shape index (κ3) is 2.76.